The van der Waals surface area contributed by atoms with Gasteiger partial charge in [0.1, 0.15) is 11.6 Å². The molecule has 2 aromatic carbocycles. The topological polar surface area (TPSA) is 71.0 Å². The minimum Gasteiger partial charge on any atom is -0.389 e. The summed E-state index contributed by atoms with van der Waals surface area (Å²) in [5.41, 5.74) is 1.27. The third-order valence-electron chi connectivity index (χ3n) is 6.21. The molecule has 2 aromatic rings. The fourth-order valence-corrected chi connectivity index (χ4v) is 4.59. The Labute approximate surface area is 192 Å². The zero-order chi connectivity index (χ0) is 23.2. The number of benzene rings is 2. The van der Waals surface area contributed by atoms with Gasteiger partial charge in [-0.25, -0.2) is 8.78 Å². The number of aliphatic hydroxyl groups is 1. The van der Waals surface area contributed by atoms with Crippen molar-refractivity contribution in [2.75, 3.05) is 19.8 Å². The molecule has 2 aliphatic heterocycles. The molecule has 0 bridgehead atoms. The van der Waals surface area contributed by atoms with Crippen molar-refractivity contribution in [3.8, 4) is 0 Å². The first-order valence-electron chi connectivity index (χ1n) is 11.4. The van der Waals surface area contributed by atoms with Crippen LogP contribution in [0.4, 0.5) is 8.78 Å². The summed E-state index contributed by atoms with van der Waals surface area (Å²) in [6.07, 6.45) is 0.297. The molecular weight excluding hydrogens is 430 g/mol. The Hall–Kier alpha value is -2.39. The van der Waals surface area contributed by atoms with Crippen molar-refractivity contribution in [1.82, 2.24) is 10.2 Å². The number of aliphatic hydroxyl groups excluding tert-OH is 1. The minimum absolute atomic E-state index is 0.0804. The van der Waals surface area contributed by atoms with Gasteiger partial charge >= 0.3 is 0 Å². The fraction of sp³-hybridized carbons (Fsp3) is 0.480. The van der Waals surface area contributed by atoms with E-state index >= 15 is 0 Å². The van der Waals surface area contributed by atoms with Gasteiger partial charge in [-0.05, 0) is 36.6 Å². The number of nitrogens with one attached hydrogen (secondary N) is 1. The maximum Gasteiger partial charge on any atom is 0.222 e. The van der Waals surface area contributed by atoms with Gasteiger partial charge in [-0.2, -0.15) is 0 Å². The third-order valence-corrected chi connectivity index (χ3v) is 6.21. The first-order valence-corrected chi connectivity index (χ1v) is 11.4. The zero-order valence-corrected chi connectivity index (χ0v) is 18.5. The molecule has 1 amide bonds. The van der Waals surface area contributed by atoms with Gasteiger partial charge < -0.3 is 19.9 Å². The molecule has 0 aromatic heterocycles. The Morgan fingerprint density at radius 3 is 2.76 bits per heavy atom. The van der Waals surface area contributed by atoms with E-state index in [-0.39, 0.29) is 62.4 Å². The number of hydrogen-bond acceptors (Lipinski definition) is 5. The highest BCUT2D eigenvalue weighted by atomic mass is 19.1. The normalized spacial score (nSPS) is 26.2. The van der Waals surface area contributed by atoms with Crippen molar-refractivity contribution in [2.24, 2.45) is 0 Å². The van der Waals surface area contributed by atoms with Gasteiger partial charge in [-0.15, -0.1) is 0 Å². The van der Waals surface area contributed by atoms with E-state index in [1.165, 1.54) is 6.07 Å². The molecule has 8 heteroatoms. The number of β-amino-alcohol motifs (C(OH)–C–C–N with tert-alkyl or cyclic N) is 1. The minimum atomic E-state index is -0.732. The number of hydrogen-bond donors (Lipinski definition) is 2. The van der Waals surface area contributed by atoms with E-state index in [9.17, 15) is 18.7 Å². The molecule has 2 aliphatic rings. The molecule has 0 unspecified atom stereocenters. The maximum absolute atomic E-state index is 14.3. The van der Waals surface area contributed by atoms with Crippen LogP contribution in [0.3, 0.4) is 0 Å². The molecule has 0 spiro atoms. The van der Waals surface area contributed by atoms with Crippen LogP contribution >= 0.6 is 0 Å². The van der Waals surface area contributed by atoms with E-state index in [1.54, 1.807) is 0 Å². The number of carbonyl (C=O) groups excluding carboxylic acids is 1. The number of rotatable bonds is 6. The predicted octanol–water partition coefficient (Wildman–Crippen LogP) is 2.78. The van der Waals surface area contributed by atoms with Crippen LogP contribution in [0.2, 0.25) is 0 Å². The highest BCUT2D eigenvalue weighted by Gasteiger charge is 2.38. The molecule has 2 fully saturated rings. The summed E-state index contributed by atoms with van der Waals surface area (Å²) in [5, 5.41) is 13.2. The smallest absolute Gasteiger partial charge is 0.222 e. The molecule has 0 radical (unpaired) electrons. The number of carbonyl (C=O) groups is 1. The molecule has 2 N–H and O–H groups in total. The van der Waals surface area contributed by atoms with Gasteiger partial charge in [0.25, 0.3) is 0 Å². The van der Waals surface area contributed by atoms with Crippen molar-refractivity contribution in [3.63, 3.8) is 0 Å². The quantitative estimate of drug-likeness (QED) is 0.694. The Kier molecular flexibility index (Phi) is 8.03. The van der Waals surface area contributed by atoms with E-state index in [0.29, 0.717) is 19.4 Å². The molecule has 178 valence electrons. The van der Waals surface area contributed by atoms with Crippen molar-refractivity contribution in [3.05, 3.63) is 71.3 Å². The number of amides is 1. The molecule has 6 nitrogen and oxygen atoms in total. The predicted molar refractivity (Wildman–Crippen MR) is 118 cm³/mol. The molecule has 4 rings (SSSR count). The van der Waals surface area contributed by atoms with Crippen molar-refractivity contribution >= 4 is 5.91 Å². The Morgan fingerprint density at radius 2 is 1.94 bits per heavy atom. The van der Waals surface area contributed by atoms with Gasteiger partial charge in [0, 0.05) is 31.2 Å². The average Bonchev–Trinajstić information content (AvgIpc) is 2.79. The van der Waals surface area contributed by atoms with Crippen LogP contribution in [0.5, 0.6) is 0 Å². The SMILES string of the molecule is O=C(C[C@H]1CC[C@H]2[C@@H](COC[C@H](O)CN2Cc2cc(F)ccc2F)O1)NCc1ccccc1. The van der Waals surface area contributed by atoms with Crippen LogP contribution in [0.15, 0.2) is 48.5 Å². The highest BCUT2D eigenvalue weighted by Crippen LogP contribution is 2.29. The van der Waals surface area contributed by atoms with Crippen LogP contribution in [-0.2, 0) is 27.4 Å². The van der Waals surface area contributed by atoms with E-state index in [4.69, 9.17) is 9.47 Å². The maximum atomic E-state index is 14.3. The fourth-order valence-electron chi connectivity index (χ4n) is 4.59. The van der Waals surface area contributed by atoms with E-state index in [2.05, 4.69) is 5.32 Å². The first-order chi connectivity index (χ1) is 16.0. The number of nitrogens with zero attached hydrogens (tertiary/aromatic N) is 1. The molecule has 2 saturated heterocycles. The molecular formula is C25H30F2N2O4. The second kappa shape index (κ2) is 11.2. The van der Waals surface area contributed by atoms with E-state index in [0.717, 1.165) is 17.7 Å². The Morgan fingerprint density at radius 1 is 1.12 bits per heavy atom. The number of fused-ring (bicyclic) bond motifs is 1. The first kappa shape index (κ1) is 23.8. The van der Waals surface area contributed by atoms with Crippen molar-refractivity contribution in [2.45, 2.75) is 56.7 Å². The van der Waals surface area contributed by atoms with E-state index < -0.39 is 17.7 Å². The van der Waals surface area contributed by atoms with Gasteiger partial charge in [0.15, 0.2) is 0 Å². The van der Waals surface area contributed by atoms with Gasteiger partial charge in [-0.3, -0.25) is 9.69 Å². The second-order valence-corrected chi connectivity index (χ2v) is 8.76. The average molecular weight is 461 g/mol. The highest BCUT2D eigenvalue weighted by molar-refractivity contribution is 5.76. The largest absolute Gasteiger partial charge is 0.389 e. The van der Waals surface area contributed by atoms with Crippen LogP contribution in [0, 0.1) is 11.6 Å². The summed E-state index contributed by atoms with van der Waals surface area (Å²) in [4.78, 5) is 14.4. The third kappa shape index (κ3) is 6.57. The zero-order valence-electron chi connectivity index (χ0n) is 18.5. The second-order valence-electron chi connectivity index (χ2n) is 8.76. The van der Waals surface area contributed by atoms with Crippen molar-refractivity contribution in [1.29, 1.82) is 0 Å². The van der Waals surface area contributed by atoms with Crippen LogP contribution in [-0.4, -0.2) is 60.0 Å². The summed E-state index contributed by atoms with van der Waals surface area (Å²) in [6.45, 7) is 1.30. The summed E-state index contributed by atoms with van der Waals surface area (Å²) >= 11 is 0. The lowest BCUT2D eigenvalue weighted by Gasteiger charge is -2.44. The molecule has 0 aliphatic carbocycles. The lowest BCUT2D eigenvalue weighted by molar-refractivity contribution is -0.158. The Bertz CT molecular complexity index is 930. The van der Waals surface area contributed by atoms with Gasteiger partial charge in [-0.1, -0.05) is 30.3 Å². The Balaban J connectivity index is 1.37. The summed E-state index contributed by atoms with van der Waals surface area (Å²) < 4.78 is 39.8. The van der Waals surface area contributed by atoms with Crippen LogP contribution in [0.1, 0.15) is 30.4 Å². The summed E-state index contributed by atoms with van der Waals surface area (Å²) in [6, 6.07) is 13.0. The number of ether oxygens (including phenoxy) is 2. The van der Waals surface area contributed by atoms with E-state index in [1.807, 2.05) is 35.2 Å². The molecule has 2 heterocycles. The van der Waals surface area contributed by atoms with Crippen LogP contribution in [0.25, 0.3) is 0 Å². The number of halogens is 2. The lowest BCUT2D eigenvalue weighted by atomic mass is 9.94. The monoisotopic (exact) mass is 460 g/mol. The van der Waals surface area contributed by atoms with Gasteiger partial charge in [0.05, 0.1) is 37.9 Å². The van der Waals surface area contributed by atoms with Gasteiger partial charge in [0.2, 0.25) is 5.91 Å². The summed E-state index contributed by atoms with van der Waals surface area (Å²) in [5.74, 6) is -1.06. The lowest BCUT2D eigenvalue weighted by Crippen LogP contribution is -2.55. The molecule has 4 atom stereocenters. The molecule has 33 heavy (non-hydrogen) atoms. The summed E-state index contributed by atoms with van der Waals surface area (Å²) in [7, 11) is 0. The molecule has 0 saturated carbocycles. The van der Waals surface area contributed by atoms with Crippen LogP contribution < -0.4 is 5.32 Å². The standard InChI is InChI=1S/C25H30F2N2O4/c26-19-6-8-22(27)18(10-19)13-29-14-20(30)15-32-16-24-23(29)9-7-21(33-24)11-25(31)28-12-17-4-2-1-3-5-17/h1-6,8,10,20-21,23-24,30H,7,9,11-16H2,(H,28,31)/t20-,21-,23+,24-/m1/s1. The van der Waals surface area contributed by atoms with Crippen molar-refractivity contribution < 1.29 is 28.2 Å².